The van der Waals surface area contributed by atoms with Crippen LogP contribution in [0.25, 0.3) is 0 Å². The fourth-order valence-electron chi connectivity index (χ4n) is 3.07. The van der Waals surface area contributed by atoms with Gasteiger partial charge in [-0.25, -0.2) is 4.39 Å². The van der Waals surface area contributed by atoms with Crippen molar-refractivity contribution in [1.29, 1.82) is 0 Å². The lowest BCUT2D eigenvalue weighted by Gasteiger charge is -2.31. The third-order valence-electron chi connectivity index (χ3n) is 4.63. The predicted molar refractivity (Wildman–Crippen MR) is 92.8 cm³/mol. The number of pyridine rings is 1. The Morgan fingerprint density at radius 1 is 1.33 bits per heavy atom. The molecule has 2 rings (SSSR count). The second-order valence-corrected chi connectivity index (χ2v) is 6.91. The van der Waals surface area contributed by atoms with Crippen molar-refractivity contribution >= 4 is 5.91 Å². The Morgan fingerprint density at radius 2 is 2.04 bits per heavy atom. The lowest BCUT2D eigenvalue weighted by atomic mass is 10.0. The number of nitrogens with one attached hydrogen (secondary N) is 1. The van der Waals surface area contributed by atoms with Crippen LogP contribution in [0.1, 0.15) is 43.9 Å². The van der Waals surface area contributed by atoms with E-state index in [9.17, 15) is 14.0 Å². The molecule has 0 radical (unpaired) electrons. The van der Waals surface area contributed by atoms with Gasteiger partial charge in [-0.1, -0.05) is 13.8 Å². The summed E-state index contributed by atoms with van der Waals surface area (Å²) in [6, 6.07) is 0.792. The minimum atomic E-state index is -0.653. The number of carbonyl (C=O) groups excluding carboxylic acids is 1. The third kappa shape index (κ3) is 4.44. The van der Waals surface area contributed by atoms with E-state index in [4.69, 9.17) is 0 Å². The van der Waals surface area contributed by atoms with Crippen LogP contribution in [0.4, 0.5) is 4.39 Å². The van der Waals surface area contributed by atoms with Crippen molar-refractivity contribution < 1.29 is 9.18 Å². The smallest absolute Gasteiger partial charge is 0.251 e. The van der Waals surface area contributed by atoms with Crippen LogP contribution < -0.4 is 10.9 Å². The van der Waals surface area contributed by atoms with Crippen LogP contribution in [0.2, 0.25) is 0 Å². The molecule has 0 aliphatic carbocycles. The fourth-order valence-corrected chi connectivity index (χ4v) is 3.07. The molecule has 1 atom stereocenters. The zero-order chi connectivity index (χ0) is 17.7. The van der Waals surface area contributed by atoms with Crippen molar-refractivity contribution in [3.8, 4) is 0 Å². The summed E-state index contributed by atoms with van der Waals surface area (Å²) in [5.74, 6) is 0.0806. The first kappa shape index (κ1) is 18.6. The Morgan fingerprint density at radius 3 is 2.54 bits per heavy atom. The second kappa shape index (κ2) is 8.42. The first-order valence-corrected chi connectivity index (χ1v) is 8.70. The summed E-state index contributed by atoms with van der Waals surface area (Å²) >= 11 is 0. The number of nitrogens with zero attached hydrogens (tertiary/aromatic N) is 2. The van der Waals surface area contributed by atoms with Crippen LogP contribution in [0, 0.1) is 5.92 Å². The highest BCUT2D eigenvalue weighted by molar-refractivity contribution is 5.80. The second-order valence-electron chi connectivity index (χ2n) is 6.91. The van der Waals surface area contributed by atoms with E-state index >= 15 is 0 Å². The fraction of sp³-hybridized carbons (Fsp3) is 0.667. The van der Waals surface area contributed by atoms with E-state index in [1.54, 1.807) is 13.2 Å². The topological polar surface area (TPSA) is 54.3 Å². The normalized spacial score (nSPS) is 16.0. The summed E-state index contributed by atoms with van der Waals surface area (Å²) in [4.78, 5) is 26.9. The minimum absolute atomic E-state index is 0.188. The molecule has 134 valence electrons. The molecule has 0 aromatic carbocycles. The molecule has 1 fully saturated rings. The van der Waals surface area contributed by atoms with Gasteiger partial charge in [-0.05, 0) is 49.4 Å². The maximum atomic E-state index is 13.3. The number of likely N-dealkylation sites (tertiary alicyclic amines) is 1. The van der Waals surface area contributed by atoms with Gasteiger partial charge in [0.05, 0.1) is 0 Å². The molecule has 1 aromatic rings. The van der Waals surface area contributed by atoms with Gasteiger partial charge in [-0.15, -0.1) is 0 Å². The molecule has 1 unspecified atom stereocenters. The SMILES string of the molecule is CNC(=O)C(CC(C)C)n1cc(CCN2CCC2)c(CF)cc1=O. The Bertz CT molecular complexity index is 623. The highest BCUT2D eigenvalue weighted by Gasteiger charge is 2.23. The number of carbonyl (C=O) groups is 1. The van der Waals surface area contributed by atoms with Gasteiger partial charge in [-0.3, -0.25) is 9.59 Å². The van der Waals surface area contributed by atoms with E-state index in [-0.39, 0.29) is 17.4 Å². The number of halogens is 1. The molecule has 2 heterocycles. The quantitative estimate of drug-likeness (QED) is 0.788. The molecule has 0 saturated carbocycles. The molecular weight excluding hydrogens is 309 g/mol. The van der Waals surface area contributed by atoms with Crippen molar-refractivity contribution in [2.45, 2.75) is 45.8 Å². The van der Waals surface area contributed by atoms with Crippen molar-refractivity contribution in [2.75, 3.05) is 26.7 Å². The highest BCUT2D eigenvalue weighted by Crippen LogP contribution is 2.19. The summed E-state index contributed by atoms with van der Waals surface area (Å²) < 4.78 is 14.8. The zero-order valence-electron chi connectivity index (χ0n) is 14.8. The van der Waals surface area contributed by atoms with Gasteiger partial charge in [-0.2, -0.15) is 0 Å². The lowest BCUT2D eigenvalue weighted by Crippen LogP contribution is -2.39. The van der Waals surface area contributed by atoms with Gasteiger partial charge in [0.25, 0.3) is 5.56 Å². The summed E-state index contributed by atoms with van der Waals surface area (Å²) in [5, 5.41) is 2.63. The van der Waals surface area contributed by atoms with E-state index in [2.05, 4.69) is 10.2 Å². The molecule has 1 aliphatic rings. The molecule has 1 N–H and O–H groups in total. The minimum Gasteiger partial charge on any atom is -0.357 e. The van der Waals surface area contributed by atoms with Crippen LogP contribution in [0.5, 0.6) is 0 Å². The molecule has 1 saturated heterocycles. The Hall–Kier alpha value is -1.69. The monoisotopic (exact) mass is 337 g/mol. The Labute approximate surface area is 142 Å². The first-order valence-electron chi connectivity index (χ1n) is 8.70. The van der Waals surface area contributed by atoms with E-state index < -0.39 is 12.7 Å². The van der Waals surface area contributed by atoms with Crippen molar-refractivity contribution in [3.05, 3.63) is 33.7 Å². The lowest BCUT2D eigenvalue weighted by molar-refractivity contribution is -0.124. The number of alkyl halides is 1. The summed E-state index contributed by atoms with van der Waals surface area (Å²) in [6.07, 6.45) is 4.17. The number of likely N-dealkylation sites (N-methyl/N-ethyl adjacent to an activating group) is 1. The molecule has 0 bridgehead atoms. The number of hydrogen-bond donors (Lipinski definition) is 1. The first-order chi connectivity index (χ1) is 11.5. The zero-order valence-corrected chi connectivity index (χ0v) is 14.8. The van der Waals surface area contributed by atoms with E-state index in [1.807, 2.05) is 13.8 Å². The highest BCUT2D eigenvalue weighted by atomic mass is 19.1. The molecule has 24 heavy (non-hydrogen) atoms. The molecule has 1 aromatic heterocycles. The predicted octanol–water partition coefficient (Wildman–Crippen LogP) is 1.90. The number of amides is 1. The van der Waals surface area contributed by atoms with Crippen LogP contribution in [-0.2, 0) is 17.9 Å². The number of aromatic nitrogens is 1. The average Bonchev–Trinajstić information content (AvgIpc) is 2.51. The summed E-state index contributed by atoms with van der Waals surface area (Å²) in [6.45, 7) is 6.40. The molecule has 6 heteroatoms. The van der Waals surface area contributed by atoms with Crippen molar-refractivity contribution in [1.82, 2.24) is 14.8 Å². The van der Waals surface area contributed by atoms with Crippen LogP contribution in [0.15, 0.2) is 17.1 Å². The molecule has 1 amide bonds. The Kier molecular flexibility index (Phi) is 6.54. The van der Waals surface area contributed by atoms with Crippen LogP contribution >= 0.6 is 0 Å². The standard InChI is InChI=1S/C18H28FN3O2/c1-13(2)9-16(18(24)20-3)22-12-14(5-8-21-6-4-7-21)15(11-19)10-17(22)23/h10,12-13,16H,4-9,11H2,1-3H3,(H,20,24). The summed E-state index contributed by atoms with van der Waals surface area (Å²) in [7, 11) is 1.57. The maximum absolute atomic E-state index is 13.3. The van der Waals surface area contributed by atoms with E-state index in [1.165, 1.54) is 17.1 Å². The molecular formula is C18H28FN3O2. The molecule has 5 nitrogen and oxygen atoms in total. The van der Waals surface area contributed by atoms with Gasteiger partial charge >= 0.3 is 0 Å². The van der Waals surface area contributed by atoms with E-state index in [0.717, 1.165) is 25.2 Å². The number of hydrogen-bond acceptors (Lipinski definition) is 3. The Balaban J connectivity index is 2.32. The number of rotatable bonds is 8. The van der Waals surface area contributed by atoms with Crippen LogP contribution in [0.3, 0.4) is 0 Å². The summed E-state index contributed by atoms with van der Waals surface area (Å²) in [5.41, 5.74) is 0.947. The van der Waals surface area contributed by atoms with Gasteiger partial charge in [0, 0.05) is 25.9 Å². The van der Waals surface area contributed by atoms with E-state index in [0.29, 0.717) is 18.4 Å². The van der Waals surface area contributed by atoms with Gasteiger partial charge < -0.3 is 14.8 Å². The average molecular weight is 337 g/mol. The molecule has 1 aliphatic heterocycles. The third-order valence-corrected chi connectivity index (χ3v) is 4.63. The van der Waals surface area contributed by atoms with Gasteiger partial charge in [0.15, 0.2) is 0 Å². The maximum Gasteiger partial charge on any atom is 0.251 e. The van der Waals surface area contributed by atoms with Crippen molar-refractivity contribution in [2.24, 2.45) is 5.92 Å². The van der Waals surface area contributed by atoms with Gasteiger partial charge in [0.1, 0.15) is 12.7 Å². The largest absolute Gasteiger partial charge is 0.357 e. The van der Waals surface area contributed by atoms with Gasteiger partial charge in [0.2, 0.25) is 5.91 Å². The van der Waals surface area contributed by atoms with Crippen molar-refractivity contribution in [3.63, 3.8) is 0 Å². The molecule has 0 spiro atoms. The van der Waals surface area contributed by atoms with Crippen LogP contribution in [-0.4, -0.2) is 42.1 Å².